The van der Waals surface area contributed by atoms with E-state index in [0.717, 1.165) is 23.3 Å². The van der Waals surface area contributed by atoms with E-state index < -0.39 is 17.7 Å². The van der Waals surface area contributed by atoms with Crippen LogP contribution in [0.2, 0.25) is 0 Å². The Bertz CT molecular complexity index is 1310. The maximum Gasteiger partial charge on any atom is 0.295 e. The number of ketones is 1. The van der Waals surface area contributed by atoms with Gasteiger partial charge >= 0.3 is 0 Å². The summed E-state index contributed by atoms with van der Waals surface area (Å²) < 4.78 is 11.4. The topological polar surface area (TPSA) is 76.1 Å². The van der Waals surface area contributed by atoms with E-state index in [1.54, 1.807) is 12.1 Å². The number of aliphatic hydroxyl groups excluding tert-OH is 1. The largest absolute Gasteiger partial charge is 0.507 e. The highest BCUT2D eigenvalue weighted by Crippen LogP contribution is 2.42. The summed E-state index contributed by atoms with van der Waals surface area (Å²) in [5, 5.41) is 11.4. The summed E-state index contributed by atoms with van der Waals surface area (Å²) in [6.45, 7) is 4.61. The van der Waals surface area contributed by atoms with E-state index in [9.17, 15) is 14.7 Å². The zero-order chi connectivity index (χ0) is 24.5. The van der Waals surface area contributed by atoms with Gasteiger partial charge in [-0.25, -0.2) is 0 Å². The Kier molecular flexibility index (Phi) is 6.03. The van der Waals surface area contributed by atoms with E-state index in [2.05, 4.69) is 0 Å². The fourth-order valence-corrected chi connectivity index (χ4v) is 4.84. The van der Waals surface area contributed by atoms with Crippen LogP contribution in [0.15, 0.2) is 78.4 Å². The number of carbonyl (C=O) groups excluding carboxylic acids is 2. The van der Waals surface area contributed by atoms with E-state index in [1.807, 2.05) is 74.5 Å². The zero-order valence-corrected chi connectivity index (χ0v) is 19.7. The fraction of sp³-hybridized carbons (Fsp3) is 0.241. The number of hydrogen-bond acceptors (Lipinski definition) is 5. The van der Waals surface area contributed by atoms with E-state index in [0.29, 0.717) is 23.5 Å². The summed E-state index contributed by atoms with van der Waals surface area (Å²) in [6.07, 6.45) is 0.777. The minimum atomic E-state index is -0.751. The third-order valence-corrected chi connectivity index (χ3v) is 6.39. The second kappa shape index (κ2) is 9.29. The van der Waals surface area contributed by atoms with Gasteiger partial charge in [-0.3, -0.25) is 9.59 Å². The number of fused-ring (bicyclic) bond motifs is 1. The van der Waals surface area contributed by atoms with Crippen molar-refractivity contribution in [2.45, 2.75) is 39.0 Å². The monoisotopic (exact) mass is 469 g/mol. The Labute approximate surface area is 204 Å². The van der Waals surface area contributed by atoms with Gasteiger partial charge in [0, 0.05) is 18.5 Å². The first-order chi connectivity index (χ1) is 17.0. The highest BCUT2D eigenvalue weighted by atomic mass is 16.5. The van der Waals surface area contributed by atoms with Gasteiger partial charge in [-0.2, -0.15) is 0 Å². The van der Waals surface area contributed by atoms with Gasteiger partial charge in [-0.15, -0.1) is 0 Å². The molecule has 0 bridgehead atoms. The first kappa shape index (κ1) is 22.7. The normalized spacial score (nSPS) is 20.6. The van der Waals surface area contributed by atoms with E-state index in [-0.39, 0.29) is 24.0 Å². The number of rotatable bonds is 6. The molecule has 0 unspecified atom stereocenters. The first-order valence-corrected chi connectivity index (χ1v) is 11.8. The maximum absolute atomic E-state index is 13.3. The Morgan fingerprint density at radius 3 is 2.63 bits per heavy atom. The highest BCUT2D eigenvalue weighted by Gasteiger charge is 2.46. The summed E-state index contributed by atoms with van der Waals surface area (Å²) in [5.74, 6) is -0.109. The Morgan fingerprint density at radius 2 is 1.86 bits per heavy atom. The van der Waals surface area contributed by atoms with Gasteiger partial charge in [-0.1, -0.05) is 42.5 Å². The fourth-order valence-electron chi connectivity index (χ4n) is 4.84. The van der Waals surface area contributed by atoms with Crippen molar-refractivity contribution in [1.82, 2.24) is 4.90 Å². The first-order valence-electron chi connectivity index (χ1n) is 11.8. The van der Waals surface area contributed by atoms with Crippen LogP contribution >= 0.6 is 0 Å². The Balaban J connectivity index is 1.63. The molecule has 6 nitrogen and oxygen atoms in total. The van der Waals surface area contributed by atoms with E-state index in [4.69, 9.17) is 9.47 Å². The average molecular weight is 470 g/mol. The van der Waals surface area contributed by atoms with Crippen molar-refractivity contribution in [2.75, 3.05) is 6.61 Å². The maximum atomic E-state index is 13.3. The molecule has 2 aliphatic heterocycles. The quantitative estimate of drug-likeness (QED) is 0.311. The van der Waals surface area contributed by atoms with Crippen LogP contribution in [0.3, 0.4) is 0 Å². The number of likely N-dealkylation sites (tertiary alicyclic amines) is 1. The van der Waals surface area contributed by atoms with Crippen LogP contribution in [-0.2, 0) is 22.6 Å². The molecule has 35 heavy (non-hydrogen) atoms. The van der Waals surface area contributed by atoms with Gasteiger partial charge in [0.1, 0.15) is 23.4 Å². The van der Waals surface area contributed by atoms with Crippen LogP contribution in [0.5, 0.6) is 11.5 Å². The lowest BCUT2D eigenvalue weighted by atomic mass is 9.94. The molecule has 1 amide bonds. The molecule has 0 radical (unpaired) electrons. The average Bonchev–Trinajstić information content (AvgIpc) is 3.35. The Hall–Kier alpha value is -4.06. The molecular weight excluding hydrogens is 442 g/mol. The lowest BCUT2D eigenvalue weighted by Crippen LogP contribution is -2.29. The molecule has 3 aromatic carbocycles. The minimum absolute atomic E-state index is 0.0557. The van der Waals surface area contributed by atoms with Gasteiger partial charge in [0.05, 0.1) is 18.2 Å². The van der Waals surface area contributed by atoms with Gasteiger partial charge in [0.25, 0.3) is 11.7 Å². The van der Waals surface area contributed by atoms with Crippen LogP contribution in [-0.4, -0.2) is 34.4 Å². The lowest BCUT2D eigenvalue weighted by Gasteiger charge is -2.26. The molecule has 1 fully saturated rings. The van der Waals surface area contributed by atoms with Crippen LogP contribution in [0.1, 0.15) is 42.1 Å². The van der Waals surface area contributed by atoms with E-state index in [1.165, 1.54) is 4.90 Å². The van der Waals surface area contributed by atoms with Crippen LogP contribution < -0.4 is 9.47 Å². The van der Waals surface area contributed by atoms with Gasteiger partial charge < -0.3 is 19.5 Å². The third kappa shape index (κ3) is 4.28. The molecule has 0 aliphatic carbocycles. The van der Waals surface area contributed by atoms with Crippen molar-refractivity contribution >= 4 is 17.4 Å². The molecule has 178 valence electrons. The van der Waals surface area contributed by atoms with E-state index >= 15 is 0 Å². The molecule has 0 aromatic heterocycles. The van der Waals surface area contributed by atoms with Gasteiger partial charge in [0.2, 0.25) is 0 Å². The summed E-state index contributed by atoms with van der Waals surface area (Å²) in [7, 11) is 0. The van der Waals surface area contributed by atoms with Crippen molar-refractivity contribution in [2.24, 2.45) is 0 Å². The summed E-state index contributed by atoms with van der Waals surface area (Å²) in [4.78, 5) is 28.1. The second-order valence-corrected chi connectivity index (χ2v) is 8.87. The molecule has 2 heterocycles. The van der Waals surface area contributed by atoms with Crippen LogP contribution in [0.4, 0.5) is 0 Å². The number of aliphatic hydroxyl groups is 1. The SMILES string of the molecule is CCOc1cccc([C@H]2C(=C(O)c3ccc4c(c3)C[C@H](C)O4)C(=O)C(=O)N2Cc2ccccc2)c1. The molecule has 5 rings (SSSR count). The lowest BCUT2D eigenvalue weighted by molar-refractivity contribution is -0.140. The third-order valence-electron chi connectivity index (χ3n) is 6.39. The summed E-state index contributed by atoms with van der Waals surface area (Å²) in [6, 6.07) is 21.5. The second-order valence-electron chi connectivity index (χ2n) is 8.87. The number of benzene rings is 3. The molecule has 6 heteroatoms. The van der Waals surface area contributed by atoms with Crippen molar-refractivity contribution in [1.29, 1.82) is 0 Å². The molecule has 2 aliphatic rings. The number of nitrogens with zero attached hydrogens (tertiary/aromatic N) is 1. The molecule has 0 saturated carbocycles. The smallest absolute Gasteiger partial charge is 0.295 e. The van der Waals surface area contributed by atoms with Gasteiger partial charge in [0.15, 0.2) is 0 Å². The van der Waals surface area contributed by atoms with Crippen molar-refractivity contribution in [3.63, 3.8) is 0 Å². The number of Topliss-reactive ketones (excluding diaryl/α,β-unsaturated/α-hetero) is 1. The standard InChI is InChI=1S/C29H27NO5/c1-3-34-23-11-7-10-20(16-23)26-25(27(31)21-12-13-24-22(15-21)14-18(2)35-24)28(32)29(33)30(26)17-19-8-5-4-6-9-19/h4-13,15-16,18,26,31H,3,14,17H2,1-2H3/t18-,26-/m0/s1. The zero-order valence-electron chi connectivity index (χ0n) is 19.7. The molecule has 1 saturated heterocycles. The molecule has 1 N–H and O–H groups in total. The van der Waals surface area contributed by atoms with Crippen LogP contribution in [0, 0.1) is 0 Å². The predicted molar refractivity (Wildman–Crippen MR) is 132 cm³/mol. The predicted octanol–water partition coefficient (Wildman–Crippen LogP) is 5.03. The van der Waals surface area contributed by atoms with Crippen LogP contribution in [0.25, 0.3) is 5.76 Å². The number of carbonyl (C=O) groups is 2. The molecule has 0 spiro atoms. The van der Waals surface area contributed by atoms with Crippen molar-refractivity contribution in [3.05, 3.63) is 101 Å². The number of ether oxygens (including phenoxy) is 2. The summed E-state index contributed by atoms with van der Waals surface area (Å²) in [5.41, 5.74) is 3.13. The number of amides is 1. The molecule has 3 aromatic rings. The summed E-state index contributed by atoms with van der Waals surface area (Å²) >= 11 is 0. The molecule has 2 atom stereocenters. The Morgan fingerprint density at radius 1 is 1.06 bits per heavy atom. The van der Waals surface area contributed by atoms with Crippen molar-refractivity contribution in [3.8, 4) is 11.5 Å². The minimum Gasteiger partial charge on any atom is -0.507 e. The van der Waals surface area contributed by atoms with Gasteiger partial charge in [-0.05, 0) is 60.9 Å². The molecular formula is C29H27NO5. The number of hydrogen-bond donors (Lipinski definition) is 1. The highest BCUT2D eigenvalue weighted by molar-refractivity contribution is 6.46. The van der Waals surface area contributed by atoms with Crippen molar-refractivity contribution < 1.29 is 24.2 Å².